The van der Waals surface area contributed by atoms with Gasteiger partial charge in [-0.3, -0.25) is 5.10 Å². The quantitative estimate of drug-likeness (QED) is 0.794. The van der Waals surface area contributed by atoms with Crippen molar-refractivity contribution in [3.05, 3.63) is 41.6 Å². The van der Waals surface area contributed by atoms with Gasteiger partial charge in [0.15, 0.2) is 0 Å². The molecule has 2 aromatic rings. The van der Waals surface area contributed by atoms with E-state index in [1.165, 1.54) is 6.20 Å². The number of hydrogen-bond acceptors (Lipinski definition) is 4. The van der Waals surface area contributed by atoms with E-state index in [9.17, 15) is 21.6 Å². The van der Waals surface area contributed by atoms with Crippen LogP contribution in [-0.2, 0) is 22.7 Å². The van der Waals surface area contributed by atoms with E-state index in [0.29, 0.717) is 17.7 Å². The monoisotopic (exact) mass is 320 g/mol. The van der Waals surface area contributed by atoms with Gasteiger partial charge in [0, 0.05) is 12.1 Å². The molecule has 1 aromatic carbocycles. The lowest BCUT2D eigenvalue weighted by atomic mass is 10.2. The minimum atomic E-state index is -4.51. The predicted molar refractivity (Wildman–Crippen MR) is 68.5 cm³/mol. The number of aromatic amines is 1. The van der Waals surface area contributed by atoms with Crippen LogP contribution in [0.15, 0.2) is 35.4 Å². The highest BCUT2D eigenvalue weighted by Crippen LogP contribution is 2.29. The van der Waals surface area contributed by atoms with Gasteiger partial charge in [-0.05, 0) is 24.3 Å². The largest absolute Gasteiger partial charge is 0.416 e. The summed E-state index contributed by atoms with van der Waals surface area (Å²) < 4.78 is 63.3. The lowest BCUT2D eigenvalue weighted by molar-refractivity contribution is -0.137. The van der Waals surface area contributed by atoms with Crippen LogP contribution in [0, 0.1) is 0 Å². The number of sulfonamides is 1. The molecule has 0 atom stereocenters. The Morgan fingerprint density at radius 2 is 1.86 bits per heavy atom. The van der Waals surface area contributed by atoms with E-state index in [1.54, 1.807) is 0 Å². The van der Waals surface area contributed by atoms with Gasteiger partial charge in [0.1, 0.15) is 5.82 Å². The van der Waals surface area contributed by atoms with E-state index in [2.05, 4.69) is 14.9 Å². The number of benzene rings is 1. The maximum Gasteiger partial charge on any atom is 0.416 e. The first kappa shape index (κ1) is 15.3. The molecule has 0 bridgehead atoms. The van der Waals surface area contributed by atoms with Gasteiger partial charge in [-0.1, -0.05) is 0 Å². The van der Waals surface area contributed by atoms with Crippen molar-refractivity contribution in [2.24, 2.45) is 0 Å². The predicted octanol–water partition coefficient (Wildman–Crippen LogP) is 1.49. The molecule has 1 heterocycles. The summed E-state index contributed by atoms with van der Waals surface area (Å²) in [6.45, 7) is -0.119. The zero-order valence-electron chi connectivity index (χ0n) is 10.5. The third-order valence-electron chi connectivity index (χ3n) is 2.70. The molecule has 0 radical (unpaired) electrons. The highest BCUT2D eigenvalue weighted by atomic mass is 32.2. The van der Waals surface area contributed by atoms with Crippen molar-refractivity contribution < 1.29 is 21.6 Å². The average Bonchev–Trinajstić information content (AvgIpc) is 2.81. The Morgan fingerprint density at radius 1 is 1.24 bits per heavy atom. The summed E-state index contributed by atoms with van der Waals surface area (Å²) in [5.41, 5.74) is 5.02. The van der Waals surface area contributed by atoms with Gasteiger partial charge in [-0.15, -0.1) is 0 Å². The maximum absolute atomic E-state index is 12.4. The van der Waals surface area contributed by atoms with Crippen molar-refractivity contribution in [2.75, 3.05) is 5.73 Å². The molecule has 6 nitrogen and oxygen atoms in total. The topological polar surface area (TPSA) is 101 Å². The first-order valence-corrected chi connectivity index (χ1v) is 7.13. The van der Waals surface area contributed by atoms with Crippen molar-refractivity contribution in [1.82, 2.24) is 14.9 Å². The second kappa shape index (κ2) is 5.37. The maximum atomic E-state index is 12.4. The van der Waals surface area contributed by atoms with Crippen LogP contribution < -0.4 is 10.5 Å². The summed E-state index contributed by atoms with van der Waals surface area (Å²) in [6, 6.07) is 3.20. The van der Waals surface area contributed by atoms with Crippen LogP contribution in [0.5, 0.6) is 0 Å². The molecule has 114 valence electrons. The second-order valence-corrected chi connectivity index (χ2v) is 5.92. The highest BCUT2D eigenvalue weighted by molar-refractivity contribution is 7.89. The molecule has 0 aliphatic heterocycles. The van der Waals surface area contributed by atoms with Gasteiger partial charge in [0.05, 0.1) is 16.7 Å². The second-order valence-electron chi connectivity index (χ2n) is 4.16. The minimum absolute atomic E-state index is 0.119. The Morgan fingerprint density at radius 3 is 2.33 bits per heavy atom. The first-order valence-electron chi connectivity index (χ1n) is 5.65. The standard InChI is InChI=1S/C11H11F3N4O2S/c12-11(13,14)8-1-3-9(4-2-8)21(19,20)17-6-7-5-16-18-10(7)15/h1-5,17H,6H2,(H3,15,16,18). The SMILES string of the molecule is Nc1[nH]ncc1CNS(=O)(=O)c1ccc(C(F)(F)F)cc1. The van der Waals surface area contributed by atoms with Crippen LogP contribution in [0.25, 0.3) is 0 Å². The van der Waals surface area contributed by atoms with Crippen molar-refractivity contribution in [1.29, 1.82) is 0 Å². The third kappa shape index (κ3) is 3.52. The molecule has 0 saturated heterocycles. The number of aromatic nitrogens is 2. The average molecular weight is 320 g/mol. The van der Waals surface area contributed by atoms with Gasteiger partial charge in [-0.2, -0.15) is 18.3 Å². The molecule has 0 aliphatic rings. The number of nitrogen functional groups attached to an aromatic ring is 1. The van der Waals surface area contributed by atoms with Crippen molar-refractivity contribution in [3.63, 3.8) is 0 Å². The van der Waals surface area contributed by atoms with Crippen LogP contribution in [-0.4, -0.2) is 18.6 Å². The zero-order chi connectivity index (χ0) is 15.7. The van der Waals surface area contributed by atoms with E-state index in [0.717, 1.165) is 12.1 Å². The number of halogens is 3. The number of nitrogens with one attached hydrogen (secondary N) is 2. The molecule has 0 saturated carbocycles. The highest BCUT2D eigenvalue weighted by Gasteiger charge is 2.30. The van der Waals surface area contributed by atoms with Crippen LogP contribution >= 0.6 is 0 Å². The molecule has 21 heavy (non-hydrogen) atoms. The molecule has 1 aromatic heterocycles. The van der Waals surface area contributed by atoms with Crippen LogP contribution in [0.3, 0.4) is 0 Å². The molecule has 10 heteroatoms. The van der Waals surface area contributed by atoms with Gasteiger partial charge in [0.25, 0.3) is 0 Å². The Bertz CT molecular complexity index is 723. The van der Waals surface area contributed by atoms with E-state index >= 15 is 0 Å². The number of nitrogens with zero attached hydrogens (tertiary/aromatic N) is 1. The summed E-state index contributed by atoms with van der Waals surface area (Å²) in [5.74, 6) is 0.213. The van der Waals surface area contributed by atoms with Gasteiger partial charge in [-0.25, -0.2) is 13.1 Å². The summed E-state index contributed by atoms with van der Waals surface area (Å²) in [6.07, 6.45) is -3.16. The molecule has 0 unspecified atom stereocenters. The van der Waals surface area contributed by atoms with Crippen molar-refractivity contribution in [3.8, 4) is 0 Å². The summed E-state index contributed by atoms with van der Waals surface area (Å²) in [5, 5.41) is 6.06. The van der Waals surface area contributed by atoms with Gasteiger partial charge < -0.3 is 5.73 Å². The fraction of sp³-hybridized carbons (Fsp3) is 0.182. The molecule has 0 amide bonds. The fourth-order valence-corrected chi connectivity index (χ4v) is 2.55. The van der Waals surface area contributed by atoms with Gasteiger partial charge in [0.2, 0.25) is 10.0 Å². The molecular weight excluding hydrogens is 309 g/mol. The Hall–Kier alpha value is -2.07. The Kier molecular flexibility index (Phi) is 3.92. The third-order valence-corrected chi connectivity index (χ3v) is 4.11. The number of anilines is 1. The molecular formula is C11H11F3N4O2S. The lowest BCUT2D eigenvalue weighted by Crippen LogP contribution is -2.23. The summed E-state index contributed by atoms with van der Waals surface area (Å²) in [7, 11) is -3.93. The van der Waals surface area contributed by atoms with E-state index in [1.807, 2.05) is 0 Å². The molecule has 4 N–H and O–H groups in total. The Balaban J connectivity index is 2.14. The summed E-state index contributed by atoms with van der Waals surface area (Å²) >= 11 is 0. The molecule has 0 fully saturated rings. The normalized spacial score (nSPS) is 12.5. The molecule has 0 aliphatic carbocycles. The molecule has 2 rings (SSSR count). The van der Waals surface area contributed by atoms with Gasteiger partial charge >= 0.3 is 6.18 Å². The fourth-order valence-electron chi connectivity index (χ4n) is 1.54. The van der Waals surface area contributed by atoms with E-state index in [4.69, 9.17) is 5.73 Å². The number of alkyl halides is 3. The Labute approximate surface area is 118 Å². The molecule has 0 spiro atoms. The van der Waals surface area contributed by atoms with Crippen molar-refractivity contribution in [2.45, 2.75) is 17.6 Å². The lowest BCUT2D eigenvalue weighted by Gasteiger charge is -2.09. The van der Waals surface area contributed by atoms with Crippen LogP contribution in [0.2, 0.25) is 0 Å². The number of nitrogens with two attached hydrogens (primary N) is 1. The first-order chi connectivity index (χ1) is 9.70. The van der Waals surface area contributed by atoms with Crippen molar-refractivity contribution >= 4 is 15.8 Å². The number of hydrogen-bond donors (Lipinski definition) is 3. The number of rotatable bonds is 4. The summed E-state index contributed by atoms with van der Waals surface area (Å²) in [4.78, 5) is -0.266. The smallest absolute Gasteiger partial charge is 0.384 e. The minimum Gasteiger partial charge on any atom is -0.384 e. The van der Waals surface area contributed by atoms with Crippen LogP contribution in [0.4, 0.5) is 19.0 Å². The van der Waals surface area contributed by atoms with E-state index < -0.39 is 21.8 Å². The van der Waals surface area contributed by atoms with E-state index in [-0.39, 0.29) is 17.3 Å². The number of H-pyrrole nitrogens is 1. The zero-order valence-corrected chi connectivity index (χ0v) is 11.3. The van der Waals surface area contributed by atoms with Crippen LogP contribution in [0.1, 0.15) is 11.1 Å².